The molecule has 1 rings (SSSR count). The summed E-state index contributed by atoms with van der Waals surface area (Å²) < 4.78 is 0. The van der Waals surface area contributed by atoms with Gasteiger partial charge in [-0.2, -0.15) is 0 Å². The monoisotopic (exact) mass is 263 g/mol. The average molecular weight is 263 g/mol. The predicted molar refractivity (Wildman–Crippen MR) is 82.2 cm³/mol. The van der Waals surface area contributed by atoms with E-state index in [-0.39, 0.29) is 6.61 Å². The second-order valence-corrected chi connectivity index (χ2v) is 6.06. The average Bonchev–Trinajstić information content (AvgIpc) is 2.35. The van der Waals surface area contributed by atoms with E-state index in [1.54, 1.807) is 0 Å². The van der Waals surface area contributed by atoms with E-state index in [1.807, 2.05) is 0 Å². The molecule has 0 bridgehead atoms. The molecular formula is C17H29NO. The molecule has 0 spiro atoms. The van der Waals surface area contributed by atoms with Gasteiger partial charge in [0.15, 0.2) is 0 Å². The third-order valence-electron chi connectivity index (χ3n) is 3.61. The molecule has 1 aromatic rings. The molecule has 0 saturated carbocycles. The van der Waals surface area contributed by atoms with Gasteiger partial charge in [-0.05, 0) is 49.3 Å². The topological polar surface area (TPSA) is 32.3 Å². The Balaban J connectivity index is 2.70. The van der Waals surface area contributed by atoms with Crippen molar-refractivity contribution in [2.75, 3.05) is 13.2 Å². The van der Waals surface area contributed by atoms with Gasteiger partial charge in [0.2, 0.25) is 0 Å². The predicted octanol–water partition coefficient (Wildman–Crippen LogP) is 3.69. The smallest absolute Gasteiger partial charge is 0.0434 e. The maximum Gasteiger partial charge on any atom is 0.0434 e. The maximum atomic E-state index is 8.98. The van der Waals surface area contributed by atoms with Gasteiger partial charge >= 0.3 is 0 Å². The van der Waals surface area contributed by atoms with E-state index in [9.17, 15) is 0 Å². The van der Waals surface area contributed by atoms with E-state index >= 15 is 0 Å². The Morgan fingerprint density at radius 2 is 1.84 bits per heavy atom. The summed E-state index contributed by atoms with van der Waals surface area (Å²) in [5.74, 6) is 1.19. The van der Waals surface area contributed by atoms with Gasteiger partial charge in [0.1, 0.15) is 0 Å². The second-order valence-electron chi connectivity index (χ2n) is 6.06. The van der Waals surface area contributed by atoms with E-state index in [1.165, 1.54) is 11.1 Å². The van der Waals surface area contributed by atoms with Gasteiger partial charge < -0.3 is 10.4 Å². The molecule has 2 atom stereocenters. The summed E-state index contributed by atoms with van der Waals surface area (Å²) in [6.45, 7) is 10.2. The lowest BCUT2D eigenvalue weighted by atomic mass is 9.93. The van der Waals surface area contributed by atoms with Crippen LogP contribution in [0.25, 0.3) is 0 Å². The van der Waals surface area contributed by atoms with Gasteiger partial charge in [0.05, 0.1) is 0 Å². The lowest BCUT2D eigenvalue weighted by Gasteiger charge is -2.24. The minimum atomic E-state index is 0.280. The highest BCUT2D eigenvalue weighted by Crippen LogP contribution is 2.24. The van der Waals surface area contributed by atoms with Crippen molar-refractivity contribution < 1.29 is 5.11 Å². The molecule has 2 heteroatoms. The molecule has 0 fully saturated rings. The summed E-state index contributed by atoms with van der Waals surface area (Å²) in [6, 6.07) is 9.05. The molecule has 108 valence electrons. The van der Waals surface area contributed by atoms with Crippen molar-refractivity contribution in [3.8, 4) is 0 Å². The first kappa shape index (κ1) is 16.2. The number of aliphatic hydroxyl groups excluding tert-OH is 1. The Bertz CT molecular complexity index is 362. The normalized spacial score (nSPS) is 14.6. The summed E-state index contributed by atoms with van der Waals surface area (Å²) in [5.41, 5.74) is 2.77. The zero-order valence-corrected chi connectivity index (χ0v) is 12.8. The highest BCUT2D eigenvalue weighted by molar-refractivity contribution is 5.28. The molecule has 0 amide bonds. The molecule has 0 saturated heterocycles. The van der Waals surface area contributed by atoms with Crippen LogP contribution in [0.2, 0.25) is 0 Å². The summed E-state index contributed by atoms with van der Waals surface area (Å²) >= 11 is 0. The van der Waals surface area contributed by atoms with Crippen molar-refractivity contribution in [1.82, 2.24) is 5.32 Å². The van der Waals surface area contributed by atoms with Crippen LogP contribution < -0.4 is 5.32 Å². The van der Waals surface area contributed by atoms with Gasteiger partial charge in [-0.1, -0.05) is 45.0 Å². The third kappa shape index (κ3) is 5.75. The molecule has 2 nitrogen and oxygen atoms in total. The SMILES string of the molecule is Cc1ccccc1C(CC(C)C)NCC(C)CCO. The molecule has 1 aromatic carbocycles. The third-order valence-corrected chi connectivity index (χ3v) is 3.61. The van der Waals surface area contributed by atoms with Gasteiger partial charge in [-0.25, -0.2) is 0 Å². The number of nitrogens with one attached hydrogen (secondary N) is 1. The second kappa shape index (κ2) is 8.34. The van der Waals surface area contributed by atoms with Crippen LogP contribution in [0.1, 0.15) is 50.8 Å². The zero-order chi connectivity index (χ0) is 14.3. The molecule has 0 heterocycles. The Morgan fingerprint density at radius 1 is 1.16 bits per heavy atom. The molecule has 0 aliphatic rings. The number of benzene rings is 1. The number of hydrogen-bond donors (Lipinski definition) is 2. The van der Waals surface area contributed by atoms with E-state index in [0.717, 1.165) is 19.4 Å². The lowest BCUT2D eigenvalue weighted by Crippen LogP contribution is -2.28. The quantitative estimate of drug-likeness (QED) is 0.749. The maximum absolute atomic E-state index is 8.98. The van der Waals surface area contributed by atoms with Crippen LogP contribution in [0.15, 0.2) is 24.3 Å². The fourth-order valence-corrected chi connectivity index (χ4v) is 2.44. The highest BCUT2D eigenvalue weighted by Gasteiger charge is 2.15. The van der Waals surface area contributed by atoms with Crippen molar-refractivity contribution in [3.05, 3.63) is 35.4 Å². The number of aliphatic hydroxyl groups is 1. The Kier molecular flexibility index (Phi) is 7.11. The van der Waals surface area contributed by atoms with Crippen molar-refractivity contribution in [1.29, 1.82) is 0 Å². The lowest BCUT2D eigenvalue weighted by molar-refractivity contribution is 0.256. The molecule has 19 heavy (non-hydrogen) atoms. The van der Waals surface area contributed by atoms with Crippen LogP contribution in [0, 0.1) is 18.8 Å². The molecule has 0 aliphatic heterocycles. The molecule has 2 unspecified atom stereocenters. The van der Waals surface area contributed by atoms with E-state index < -0.39 is 0 Å². The van der Waals surface area contributed by atoms with Crippen molar-refractivity contribution in [2.45, 2.75) is 46.6 Å². The highest BCUT2D eigenvalue weighted by atomic mass is 16.3. The molecule has 0 radical (unpaired) electrons. The number of rotatable bonds is 8. The minimum absolute atomic E-state index is 0.280. The Morgan fingerprint density at radius 3 is 2.42 bits per heavy atom. The molecular weight excluding hydrogens is 234 g/mol. The van der Waals surface area contributed by atoms with Crippen LogP contribution in [0.3, 0.4) is 0 Å². The zero-order valence-electron chi connectivity index (χ0n) is 12.8. The Hall–Kier alpha value is -0.860. The first-order chi connectivity index (χ1) is 9.04. The van der Waals surface area contributed by atoms with Crippen molar-refractivity contribution >= 4 is 0 Å². The van der Waals surface area contributed by atoms with E-state index in [4.69, 9.17) is 5.11 Å². The van der Waals surface area contributed by atoms with Gasteiger partial charge in [-0.15, -0.1) is 0 Å². The van der Waals surface area contributed by atoms with Crippen molar-refractivity contribution in [2.24, 2.45) is 11.8 Å². The van der Waals surface area contributed by atoms with Gasteiger partial charge in [-0.3, -0.25) is 0 Å². The minimum Gasteiger partial charge on any atom is -0.396 e. The van der Waals surface area contributed by atoms with Crippen LogP contribution in [-0.2, 0) is 0 Å². The summed E-state index contributed by atoms with van der Waals surface area (Å²) in [5, 5.41) is 12.7. The molecule has 0 aliphatic carbocycles. The number of hydrogen-bond acceptors (Lipinski definition) is 2. The fourth-order valence-electron chi connectivity index (χ4n) is 2.44. The Labute approximate surface area is 118 Å². The van der Waals surface area contributed by atoms with Crippen LogP contribution in [0.4, 0.5) is 0 Å². The van der Waals surface area contributed by atoms with Gasteiger partial charge in [0.25, 0.3) is 0 Å². The van der Waals surface area contributed by atoms with E-state index in [2.05, 4.69) is 57.3 Å². The summed E-state index contributed by atoms with van der Waals surface area (Å²) in [7, 11) is 0. The summed E-state index contributed by atoms with van der Waals surface area (Å²) in [4.78, 5) is 0. The molecule has 2 N–H and O–H groups in total. The number of aryl methyl sites for hydroxylation is 1. The largest absolute Gasteiger partial charge is 0.396 e. The van der Waals surface area contributed by atoms with Crippen LogP contribution in [-0.4, -0.2) is 18.3 Å². The first-order valence-electron chi connectivity index (χ1n) is 7.44. The van der Waals surface area contributed by atoms with Crippen molar-refractivity contribution in [3.63, 3.8) is 0 Å². The van der Waals surface area contributed by atoms with Gasteiger partial charge in [0, 0.05) is 12.6 Å². The summed E-state index contributed by atoms with van der Waals surface area (Å²) in [6.07, 6.45) is 2.02. The first-order valence-corrected chi connectivity index (χ1v) is 7.44. The fraction of sp³-hybridized carbons (Fsp3) is 0.647. The van der Waals surface area contributed by atoms with Crippen LogP contribution in [0.5, 0.6) is 0 Å². The van der Waals surface area contributed by atoms with Crippen LogP contribution >= 0.6 is 0 Å². The standard InChI is InChI=1S/C17H29NO/c1-13(2)11-17(18-12-14(3)9-10-19)16-8-6-5-7-15(16)4/h5-8,13-14,17-19H,9-12H2,1-4H3. The molecule has 0 aromatic heterocycles. The van der Waals surface area contributed by atoms with E-state index in [0.29, 0.717) is 17.9 Å².